The SMILES string of the molecule is Cc1cnc(CNc2cccnc2C(=O)O)cn1. The molecule has 18 heavy (non-hydrogen) atoms. The van der Waals surface area contributed by atoms with Crippen LogP contribution in [0.1, 0.15) is 21.9 Å². The molecule has 0 amide bonds. The molecular weight excluding hydrogens is 232 g/mol. The minimum atomic E-state index is -1.06. The summed E-state index contributed by atoms with van der Waals surface area (Å²) in [7, 11) is 0. The number of carbonyl (C=O) groups is 1. The van der Waals surface area contributed by atoms with Crippen LogP contribution in [0.15, 0.2) is 30.7 Å². The van der Waals surface area contributed by atoms with Gasteiger partial charge in [-0.25, -0.2) is 9.78 Å². The molecule has 2 aromatic rings. The van der Waals surface area contributed by atoms with Crippen molar-refractivity contribution in [3.63, 3.8) is 0 Å². The predicted octanol–water partition coefficient (Wildman–Crippen LogP) is 1.49. The highest BCUT2D eigenvalue weighted by molar-refractivity contribution is 5.91. The molecule has 2 aromatic heterocycles. The van der Waals surface area contributed by atoms with Crippen molar-refractivity contribution in [2.45, 2.75) is 13.5 Å². The average Bonchev–Trinajstić information content (AvgIpc) is 2.38. The number of hydrogen-bond acceptors (Lipinski definition) is 5. The Hall–Kier alpha value is -2.50. The number of pyridine rings is 1. The number of aryl methyl sites for hydroxylation is 1. The monoisotopic (exact) mass is 244 g/mol. The highest BCUT2D eigenvalue weighted by Gasteiger charge is 2.10. The van der Waals surface area contributed by atoms with E-state index in [2.05, 4.69) is 20.3 Å². The Labute approximate surface area is 104 Å². The first-order valence-electron chi connectivity index (χ1n) is 5.36. The zero-order chi connectivity index (χ0) is 13.0. The van der Waals surface area contributed by atoms with Gasteiger partial charge in [0.2, 0.25) is 0 Å². The number of carboxylic acid groups (broad SMARTS) is 1. The molecule has 0 unspecified atom stereocenters. The Morgan fingerprint density at radius 3 is 2.83 bits per heavy atom. The fourth-order valence-corrected chi connectivity index (χ4v) is 1.41. The van der Waals surface area contributed by atoms with E-state index in [0.717, 1.165) is 11.4 Å². The standard InChI is InChI=1S/C12H12N4O2/c1-8-5-15-9(6-14-8)7-16-10-3-2-4-13-11(10)12(17)18/h2-6,16H,7H2,1H3,(H,17,18). The Kier molecular flexibility index (Phi) is 3.47. The van der Waals surface area contributed by atoms with Crippen molar-refractivity contribution in [1.29, 1.82) is 0 Å². The molecule has 0 aromatic carbocycles. The van der Waals surface area contributed by atoms with Crippen LogP contribution in [0.4, 0.5) is 5.69 Å². The molecule has 0 aliphatic rings. The van der Waals surface area contributed by atoms with Crippen molar-refractivity contribution in [3.8, 4) is 0 Å². The zero-order valence-corrected chi connectivity index (χ0v) is 9.79. The van der Waals surface area contributed by atoms with Gasteiger partial charge in [0.05, 0.1) is 29.8 Å². The first kappa shape index (κ1) is 12.0. The molecule has 0 saturated carbocycles. The van der Waals surface area contributed by atoms with Crippen LogP contribution in [0, 0.1) is 6.92 Å². The van der Waals surface area contributed by atoms with Gasteiger partial charge in [0, 0.05) is 12.4 Å². The molecule has 2 N–H and O–H groups in total. The molecule has 0 fully saturated rings. The number of nitrogens with zero attached hydrogens (tertiary/aromatic N) is 3. The summed E-state index contributed by atoms with van der Waals surface area (Å²) >= 11 is 0. The summed E-state index contributed by atoms with van der Waals surface area (Å²) in [6, 6.07) is 3.34. The summed E-state index contributed by atoms with van der Waals surface area (Å²) in [4.78, 5) is 23.0. The van der Waals surface area contributed by atoms with Gasteiger partial charge in [-0.15, -0.1) is 0 Å². The van der Waals surface area contributed by atoms with Crippen molar-refractivity contribution in [2.75, 3.05) is 5.32 Å². The summed E-state index contributed by atoms with van der Waals surface area (Å²) in [6.45, 7) is 2.26. The van der Waals surface area contributed by atoms with Crippen LogP contribution in [-0.4, -0.2) is 26.0 Å². The first-order valence-corrected chi connectivity index (χ1v) is 5.36. The molecule has 0 aliphatic heterocycles. The molecule has 0 radical (unpaired) electrons. The second-order valence-electron chi connectivity index (χ2n) is 3.71. The first-order chi connectivity index (χ1) is 8.66. The van der Waals surface area contributed by atoms with Crippen LogP contribution in [0.3, 0.4) is 0 Å². The quantitative estimate of drug-likeness (QED) is 0.847. The number of anilines is 1. The Morgan fingerprint density at radius 2 is 2.17 bits per heavy atom. The lowest BCUT2D eigenvalue weighted by Gasteiger charge is -2.07. The third-order valence-electron chi connectivity index (χ3n) is 2.30. The largest absolute Gasteiger partial charge is 0.476 e. The van der Waals surface area contributed by atoms with Crippen LogP contribution in [0.5, 0.6) is 0 Å². The predicted molar refractivity (Wildman–Crippen MR) is 65.3 cm³/mol. The van der Waals surface area contributed by atoms with E-state index in [0.29, 0.717) is 12.2 Å². The number of aromatic carboxylic acids is 1. The van der Waals surface area contributed by atoms with E-state index in [1.54, 1.807) is 24.5 Å². The second kappa shape index (κ2) is 5.22. The van der Waals surface area contributed by atoms with Crippen LogP contribution < -0.4 is 5.32 Å². The number of carboxylic acids is 1. The van der Waals surface area contributed by atoms with Gasteiger partial charge in [-0.3, -0.25) is 9.97 Å². The zero-order valence-electron chi connectivity index (χ0n) is 9.79. The minimum Gasteiger partial charge on any atom is -0.476 e. The minimum absolute atomic E-state index is 0.00225. The van der Waals surface area contributed by atoms with Crippen molar-refractivity contribution in [2.24, 2.45) is 0 Å². The lowest BCUT2D eigenvalue weighted by Crippen LogP contribution is -2.09. The smallest absolute Gasteiger partial charge is 0.356 e. The molecule has 6 nitrogen and oxygen atoms in total. The highest BCUT2D eigenvalue weighted by Crippen LogP contribution is 2.12. The van der Waals surface area contributed by atoms with Crippen molar-refractivity contribution < 1.29 is 9.90 Å². The summed E-state index contributed by atoms with van der Waals surface area (Å²) in [5.41, 5.74) is 2.04. The fraction of sp³-hybridized carbons (Fsp3) is 0.167. The molecule has 6 heteroatoms. The maximum atomic E-state index is 10.9. The summed E-state index contributed by atoms with van der Waals surface area (Å²) < 4.78 is 0. The van der Waals surface area contributed by atoms with Gasteiger partial charge in [0.25, 0.3) is 0 Å². The van der Waals surface area contributed by atoms with Gasteiger partial charge in [-0.2, -0.15) is 0 Å². The van der Waals surface area contributed by atoms with E-state index in [-0.39, 0.29) is 5.69 Å². The third kappa shape index (κ3) is 2.79. The van der Waals surface area contributed by atoms with Gasteiger partial charge < -0.3 is 10.4 Å². The van der Waals surface area contributed by atoms with Gasteiger partial charge in [-0.1, -0.05) is 0 Å². The van der Waals surface area contributed by atoms with Gasteiger partial charge >= 0.3 is 5.97 Å². The van der Waals surface area contributed by atoms with Crippen LogP contribution in [0.2, 0.25) is 0 Å². The van der Waals surface area contributed by atoms with Crippen molar-refractivity contribution in [3.05, 3.63) is 47.8 Å². The normalized spacial score (nSPS) is 10.1. The van der Waals surface area contributed by atoms with Gasteiger partial charge in [0.1, 0.15) is 0 Å². The fourth-order valence-electron chi connectivity index (χ4n) is 1.41. The molecule has 0 aliphatic carbocycles. The Bertz CT molecular complexity index is 554. The van der Waals surface area contributed by atoms with E-state index in [1.165, 1.54) is 6.20 Å². The average molecular weight is 244 g/mol. The second-order valence-corrected chi connectivity index (χ2v) is 3.71. The van der Waals surface area contributed by atoms with Crippen LogP contribution in [-0.2, 0) is 6.54 Å². The maximum absolute atomic E-state index is 10.9. The lowest BCUT2D eigenvalue weighted by molar-refractivity contribution is 0.0691. The van der Waals surface area contributed by atoms with E-state index < -0.39 is 5.97 Å². The van der Waals surface area contributed by atoms with Crippen molar-refractivity contribution in [1.82, 2.24) is 15.0 Å². The van der Waals surface area contributed by atoms with Gasteiger partial charge in [-0.05, 0) is 19.1 Å². The summed E-state index contributed by atoms with van der Waals surface area (Å²) in [6.07, 6.45) is 4.76. The molecule has 0 saturated heterocycles. The topological polar surface area (TPSA) is 88.0 Å². The summed E-state index contributed by atoms with van der Waals surface area (Å²) in [5.74, 6) is -1.06. The van der Waals surface area contributed by atoms with Crippen molar-refractivity contribution >= 4 is 11.7 Å². The van der Waals surface area contributed by atoms with E-state index in [4.69, 9.17) is 5.11 Å². The maximum Gasteiger partial charge on any atom is 0.356 e. The van der Waals surface area contributed by atoms with E-state index in [1.807, 2.05) is 6.92 Å². The number of nitrogens with one attached hydrogen (secondary N) is 1. The van der Waals surface area contributed by atoms with E-state index in [9.17, 15) is 4.79 Å². The molecule has 0 bridgehead atoms. The molecular formula is C12H12N4O2. The van der Waals surface area contributed by atoms with E-state index >= 15 is 0 Å². The number of hydrogen-bond donors (Lipinski definition) is 2. The number of aromatic nitrogens is 3. The third-order valence-corrected chi connectivity index (χ3v) is 2.30. The summed E-state index contributed by atoms with van der Waals surface area (Å²) in [5, 5.41) is 12.0. The molecule has 2 rings (SSSR count). The number of rotatable bonds is 4. The Balaban J connectivity index is 2.10. The highest BCUT2D eigenvalue weighted by atomic mass is 16.4. The molecule has 0 atom stereocenters. The molecule has 0 spiro atoms. The lowest BCUT2D eigenvalue weighted by atomic mass is 10.3. The molecule has 92 valence electrons. The van der Waals surface area contributed by atoms with Crippen LogP contribution >= 0.6 is 0 Å². The molecule has 2 heterocycles. The van der Waals surface area contributed by atoms with Gasteiger partial charge in [0.15, 0.2) is 5.69 Å². The Morgan fingerprint density at radius 1 is 1.33 bits per heavy atom. The van der Waals surface area contributed by atoms with Crippen LogP contribution in [0.25, 0.3) is 0 Å².